The molecule has 2 aromatic carbocycles. The minimum atomic E-state index is 0. The van der Waals surface area contributed by atoms with Gasteiger partial charge in [0.05, 0.1) is 20.8 Å². The zero-order valence-electron chi connectivity index (χ0n) is 19.3. The van der Waals surface area contributed by atoms with E-state index in [-0.39, 0.29) is 24.0 Å². The molecule has 0 unspecified atom stereocenters. The van der Waals surface area contributed by atoms with Crippen LogP contribution in [0.3, 0.4) is 0 Å². The number of benzene rings is 2. The molecule has 1 aliphatic rings. The van der Waals surface area contributed by atoms with Gasteiger partial charge in [0.1, 0.15) is 5.75 Å². The van der Waals surface area contributed by atoms with Crippen molar-refractivity contribution in [3.05, 3.63) is 53.1 Å². The van der Waals surface area contributed by atoms with Gasteiger partial charge in [0.15, 0.2) is 17.5 Å². The predicted octanol–water partition coefficient (Wildman–Crippen LogP) is 3.87. The molecule has 1 N–H and O–H groups in total. The molecule has 0 radical (unpaired) electrons. The smallest absolute Gasteiger partial charge is 0.194 e. The van der Waals surface area contributed by atoms with E-state index >= 15 is 0 Å². The lowest BCUT2D eigenvalue weighted by Gasteiger charge is -2.32. The van der Waals surface area contributed by atoms with Crippen LogP contribution in [0.2, 0.25) is 0 Å². The first-order chi connectivity index (χ1) is 15.2. The molecule has 0 atom stereocenters. The Bertz CT molecular complexity index is 892. The second kappa shape index (κ2) is 13.4. The molecule has 1 aliphatic heterocycles. The Morgan fingerprint density at radius 1 is 1.03 bits per heavy atom. The zero-order valence-corrected chi connectivity index (χ0v) is 21.7. The minimum absolute atomic E-state index is 0. The van der Waals surface area contributed by atoms with Gasteiger partial charge >= 0.3 is 0 Å². The fourth-order valence-electron chi connectivity index (χ4n) is 3.72. The molecule has 32 heavy (non-hydrogen) atoms. The maximum Gasteiger partial charge on any atom is 0.194 e. The summed E-state index contributed by atoms with van der Waals surface area (Å²) in [7, 11) is 6.86. The molecule has 176 valence electrons. The molecule has 0 aromatic heterocycles. The minimum Gasteiger partial charge on any atom is -0.493 e. The van der Waals surface area contributed by atoms with E-state index in [0.717, 1.165) is 54.7 Å². The average molecular weight is 555 g/mol. The number of methoxy groups -OCH3 is 3. The van der Waals surface area contributed by atoms with E-state index in [0.29, 0.717) is 19.8 Å². The van der Waals surface area contributed by atoms with E-state index < -0.39 is 0 Å². The van der Waals surface area contributed by atoms with Crippen molar-refractivity contribution in [3.63, 3.8) is 0 Å². The van der Waals surface area contributed by atoms with E-state index in [9.17, 15) is 0 Å². The number of nitrogens with one attached hydrogen (secondary N) is 1. The van der Waals surface area contributed by atoms with Gasteiger partial charge in [-0.15, -0.1) is 24.0 Å². The number of halogens is 1. The van der Waals surface area contributed by atoms with E-state index in [1.165, 1.54) is 11.1 Å². The molecule has 3 rings (SSSR count). The molecule has 0 amide bonds. The summed E-state index contributed by atoms with van der Waals surface area (Å²) < 4.78 is 21.8. The topological polar surface area (TPSA) is 64.6 Å². The van der Waals surface area contributed by atoms with Gasteiger partial charge in [-0.05, 0) is 47.4 Å². The second-order valence-electron chi connectivity index (χ2n) is 7.39. The maximum atomic E-state index is 5.81. The number of nitrogens with zero attached hydrogens (tertiary/aromatic N) is 2. The Kier molecular flexibility index (Phi) is 10.9. The van der Waals surface area contributed by atoms with Gasteiger partial charge in [0.25, 0.3) is 0 Å². The first kappa shape index (κ1) is 26.1. The van der Waals surface area contributed by atoms with Gasteiger partial charge in [-0.3, -0.25) is 4.99 Å². The third-order valence-electron chi connectivity index (χ3n) is 5.34. The van der Waals surface area contributed by atoms with Crippen molar-refractivity contribution >= 4 is 29.9 Å². The predicted molar refractivity (Wildman–Crippen MR) is 138 cm³/mol. The van der Waals surface area contributed by atoms with Crippen molar-refractivity contribution in [1.82, 2.24) is 10.2 Å². The van der Waals surface area contributed by atoms with Crippen LogP contribution in [0.4, 0.5) is 0 Å². The number of guanidine groups is 1. The lowest BCUT2D eigenvalue weighted by Crippen LogP contribution is -2.43. The van der Waals surface area contributed by atoms with Crippen LogP contribution in [-0.4, -0.2) is 59.0 Å². The van der Waals surface area contributed by atoms with Gasteiger partial charge in [-0.2, -0.15) is 0 Å². The number of fused-ring (bicyclic) bond motifs is 1. The monoisotopic (exact) mass is 555 g/mol. The third kappa shape index (κ3) is 6.90. The first-order valence-corrected chi connectivity index (χ1v) is 10.6. The molecule has 2 aromatic rings. The molecule has 7 nitrogen and oxygen atoms in total. The number of aliphatic imine (C=N–C) groups is 1. The molecule has 1 heterocycles. The van der Waals surface area contributed by atoms with Gasteiger partial charge < -0.3 is 29.2 Å². The van der Waals surface area contributed by atoms with Gasteiger partial charge in [-0.1, -0.05) is 12.1 Å². The summed E-state index contributed by atoms with van der Waals surface area (Å²) in [6.07, 6.45) is 1.81. The largest absolute Gasteiger partial charge is 0.493 e. The summed E-state index contributed by atoms with van der Waals surface area (Å²) in [6.45, 7) is 3.70. The highest BCUT2D eigenvalue weighted by Crippen LogP contribution is 2.33. The van der Waals surface area contributed by atoms with Crippen LogP contribution >= 0.6 is 24.0 Å². The normalized spacial score (nSPS) is 13.1. The molecular formula is C24H34IN3O4. The molecule has 0 saturated carbocycles. The molecule has 0 fully saturated rings. The number of ether oxygens (including phenoxy) is 4. The van der Waals surface area contributed by atoms with Gasteiger partial charge in [0, 0.05) is 46.8 Å². The van der Waals surface area contributed by atoms with Crippen LogP contribution in [0.25, 0.3) is 0 Å². The van der Waals surface area contributed by atoms with Crippen LogP contribution in [0.5, 0.6) is 17.2 Å². The van der Waals surface area contributed by atoms with Crippen molar-refractivity contribution < 1.29 is 18.9 Å². The fourth-order valence-corrected chi connectivity index (χ4v) is 3.72. The Hall–Kier alpha value is -2.20. The molecule has 8 heteroatoms. The summed E-state index contributed by atoms with van der Waals surface area (Å²) in [4.78, 5) is 6.76. The van der Waals surface area contributed by atoms with Crippen molar-refractivity contribution in [2.45, 2.75) is 25.9 Å². The van der Waals surface area contributed by atoms with Gasteiger partial charge in [0.2, 0.25) is 0 Å². The standard InChI is InChI=1S/C24H33N3O4.HI/c1-25-24(26-16-18-7-5-8-21(13-18)31-12-6-11-28-2)27-10-9-19-14-22(29-3)23(30-4)15-20(19)17-27;/h5,7-8,13-15H,6,9-12,16-17H2,1-4H3,(H,25,26);1H. The van der Waals surface area contributed by atoms with E-state index in [1.54, 1.807) is 21.3 Å². The van der Waals surface area contributed by atoms with Crippen LogP contribution in [0.1, 0.15) is 23.1 Å². The van der Waals surface area contributed by atoms with Gasteiger partial charge in [-0.25, -0.2) is 0 Å². The highest BCUT2D eigenvalue weighted by atomic mass is 127. The Labute approximate surface area is 208 Å². The van der Waals surface area contributed by atoms with E-state index in [4.69, 9.17) is 18.9 Å². The van der Waals surface area contributed by atoms with Crippen molar-refractivity contribution in [3.8, 4) is 17.2 Å². The number of hydrogen-bond acceptors (Lipinski definition) is 5. The lowest BCUT2D eigenvalue weighted by molar-refractivity contribution is 0.172. The summed E-state index contributed by atoms with van der Waals surface area (Å²) in [6, 6.07) is 12.3. The molecule has 0 aliphatic carbocycles. The Balaban J connectivity index is 0.00000363. The maximum absolute atomic E-state index is 5.81. The molecule has 0 bridgehead atoms. The zero-order chi connectivity index (χ0) is 22.1. The van der Waals surface area contributed by atoms with Crippen LogP contribution in [0.15, 0.2) is 41.4 Å². The Morgan fingerprint density at radius 3 is 2.47 bits per heavy atom. The van der Waals surface area contributed by atoms with Crippen molar-refractivity contribution in [2.24, 2.45) is 4.99 Å². The summed E-state index contributed by atoms with van der Waals surface area (Å²) in [5, 5.41) is 3.49. The van der Waals surface area contributed by atoms with Crippen molar-refractivity contribution in [1.29, 1.82) is 0 Å². The van der Waals surface area contributed by atoms with Crippen LogP contribution in [0, 0.1) is 0 Å². The number of hydrogen-bond donors (Lipinski definition) is 1. The summed E-state index contributed by atoms with van der Waals surface area (Å²) in [5.41, 5.74) is 3.68. The van der Waals surface area contributed by atoms with Crippen LogP contribution < -0.4 is 19.5 Å². The third-order valence-corrected chi connectivity index (χ3v) is 5.34. The highest BCUT2D eigenvalue weighted by molar-refractivity contribution is 14.0. The van der Waals surface area contributed by atoms with Crippen LogP contribution in [-0.2, 0) is 24.2 Å². The van der Waals surface area contributed by atoms with E-state index in [1.807, 2.05) is 19.2 Å². The first-order valence-electron chi connectivity index (χ1n) is 10.6. The van der Waals surface area contributed by atoms with E-state index in [2.05, 4.69) is 39.5 Å². The quantitative estimate of drug-likeness (QED) is 0.220. The summed E-state index contributed by atoms with van der Waals surface area (Å²) in [5.74, 6) is 3.29. The molecule has 0 saturated heterocycles. The molecular weight excluding hydrogens is 521 g/mol. The highest BCUT2D eigenvalue weighted by Gasteiger charge is 2.21. The second-order valence-corrected chi connectivity index (χ2v) is 7.39. The number of rotatable bonds is 9. The van der Waals surface area contributed by atoms with Crippen molar-refractivity contribution in [2.75, 3.05) is 48.1 Å². The molecule has 0 spiro atoms. The summed E-state index contributed by atoms with van der Waals surface area (Å²) >= 11 is 0. The Morgan fingerprint density at radius 2 is 1.78 bits per heavy atom. The fraction of sp³-hybridized carbons (Fsp3) is 0.458. The SMILES string of the molecule is CN=C(NCc1cccc(OCCCOC)c1)N1CCc2cc(OC)c(OC)cc2C1.I. The lowest BCUT2D eigenvalue weighted by atomic mass is 9.99. The average Bonchev–Trinajstić information content (AvgIpc) is 2.81.